The van der Waals surface area contributed by atoms with Gasteiger partial charge in [0.05, 0.1) is 43.3 Å². The lowest BCUT2D eigenvalue weighted by Crippen LogP contribution is -2.50. The minimum absolute atomic E-state index is 0.0778. The van der Waals surface area contributed by atoms with Gasteiger partial charge in [-0.25, -0.2) is 41.1 Å². The van der Waals surface area contributed by atoms with Crippen LogP contribution in [0.5, 0.6) is 0 Å². The molecule has 38 heavy (non-hydrogen) atoms. The Balaban J connectivity index is 1.23. The van der Waals surface area contributed by atoms with Crippen molar-refractivity contribution in [3.63, 3.8) is 0 Å². The summed E-state index contributed by atoms with van der Waals surface area (Å²) in [5.41, 5.74) is -0.187. The number of sulfonamides is 1. The number of ether oxygens (including phenoxy) is 2. The second-order valence-corrected chi connectivity index (χ2v) is 13.4. The van der Waals surface area contributed by atoms with Crippen LogP contribution in [0.25, 0.3) is 0 Å². The Hall–Kier alpha value is -1.99. The van der Waals surface area contributed by atoms with Gasteiger partial charge in [0.25, 0.3) is 5.92 Å². The second kappa shape index (κ2) is 9.58. The molecule has 9 nitrogen and oxygen atoms in total. The first-order valence-electron chi connectivity index (χ1n) is 13.2. The highest BCUT2D eigenvalue weighted by atomic mass is 32.2. The SMILES string of the molecule is C[C@@H]1C[C@H](NS(C)(=O)=O)[C@H](CO[C@H]2CC[C@]3(c4ncc(F)cn4)C(C2)[C@@H]3C)N1C(=O)OC[C@H]1[C@H](C)C1(F)F. The number of halogens is 3. The van der Waals surface area contributed by atoms with E-state index < -0.39 is 51.8 Å². The molecule has 1 N–H and O–H groups in total. The molecule has 0 aromatic carbocycles. The molecule has 13 heteroatoms. The number of carbonyl (C=O) groups is 1. The molecule has 1 aromatic rings. The number of rotatable bonds is 8. The molecule has 3 saturated carbocycles. The molecular weight excluding hydrogens is 525 g/mol. The van der Waals surface area contributed by atoms with Gasteiger partial charge >= 0.3 is 6.09 Å². The minimum Gasteiger partial charge on any atom is -0.449 e. The molecule has 1 unspecified atom stereocenters. The molecule has 9 atom stereocenters. The Morgan fingerprint density at radius 1 is 1.16 bits per heavy atom. The third-order valence-corrected chi connectivity index (χ3v) is 10.1. The first-order valence-corrected chi connectivity index (χ1v) is 15.0. The van der Waals surface area contributed by atoms with E-state index in [9.17, 15) is 26.4 Å². The lowest BCUT2D eigenvalue weighted by molar-refractivity contribution is -0.0137. The average molecular weight is 561 g/mol. The fraction of sp³-hybridized carbons (Fsp3) is 0.800. The number of hydrogen-bond acceptors (Lipinski definition) is 7. The van der Waals surface area contributed by atoms with Gasteiger partial charge < -0.3 is 9.47 Å². The van der Waals surface area contributed by atoms with Crippen molar-refractivity contribution in [3.05, 3.63) is 24.0 Å². The molecule has 0 bridgehead atoms. The van der Waals surface area contributed by atoms with Crippen LogP contribution < -0.4 is 4.72 Å². The van der Waals surface area contributed by atoms with Crippen molar-refractivity contribution in [1.29, 1.82) is 0 Å². The summed E-state index contributed by atoms with van der Waals surface area (Å²) in [7, 11) is -3.57. The third kappa shape index (κ3) is 4.90. The van der Waals surface area contributed by atoms with Crippen molar-refractivity contribution in [3.8, 4) is 0 Å². The Bertz CT molecular complexity index is 1170. The van der Waals surface area contributed by atoms with Gasteiger partial charge in [0.15, 0.2) is 5.82 Å². The lowest BCUT2D eigenvalue weighted by Gasteiger charge is -2.33. The predicted octanol–water partition coefficient (Wildman–Crippen LogP) is 3.11. The molecule has 1 saturated heterocycles. The van der Waals surface area contributed by atoms with Gasteiger partial charge in [0.2, 0.25) is 10.0 Å². The molecule has 4 fully saturated rings. The minimum atomic E-state index is -3.57. The van der Waals surface area contributed by atoms with Crippen LogP contribution >= 0.6 is 0 Å². The van der Waals surface area contributed by atoms with E-state index in [2.05, 4.69) is 21.6 Å². The average Bonchev–Trinajstić information content (AvgIpc) is 3.53. The summed E-state index contributed by atoms with van der Waals surface area (Å²) in [5, 5.41) is 0. The zero-order valence-corrected chi connectivity index (χ0v) is 22.8. The van der Waals surface area contributed by atoms with E-state index in [0.29, 0.717) is 24.6 Å². The molecule has 1 amide bonds. The van der Waals surface area contributed by atoms with Crippen LogP contribution in [0.2, 0.25) is 0 Å². The van der Waals surface area contributed by atoms with E-state index in [1.54, 1.807) is 6.92 Å². The summed E-state index contributed by atoms with van der Waals surface area (Å²) in [6, 6.07) is -1.61. The summed E-state index contributed by atoms with van der Waals surface area (Å²) in [6.45, 7) is 5.02. The van der Waals surface area contributed by atoms with Crippen molar-refractivity contribution in [2.75, 3.05) is 19.5 Å². The summed E-state index contributed by atoms with van der Waals surface area (Å²) >= 11 is 0. The van der Waals surface area contributed by atoms with Gasteiger partial charge in [-0.2, -0.15) is 0 Å². The molecule has 3 aliphatic carbocycles. The molecule has 1 aromatic heterocycles. The number of amides is 1. The largest absolute Gasteiger partial charge is 0.449 e. The maximum absolute atomic E-state index is 13.6. The predicted molar refractivity (Wildman–Crippen MR) is 130 cm³/mol. The molecule has 4 aliphatic rings. The van der Waals surface area contributed by atoms with E-state index in [-0.39, 0.29) is 36.7 Å². The number of aromatic nitrogens is 2. The molecule has 2 heterocycles. The van der Waals surface area contributed by atoms with E-state index in [1.165, 1.54) is 24.2 Å². The normalized spacial score (nSPS) is 39.5. The van der Waals surface area contributed by atoms with Crippen LogP contribution in [0.3, 0.4) is 0 Å². The van der Waals surface area contributed by atoms with Gasteiger partial charge in [0, 0.05) is 23.4 Å². The van der Waals surface area contributed by atoms with Crippen LogP contribution in [0.1, 0.15) is 52.3 Å². The number of fused-ring (bicyclic) bond motifs is 1. The van der Waals surface area contributed by atoms with Crippen molar-refractivity contribution >= 4 is 16.1 Å². The smallest absolute Gasteiger partial charge is 0.410 e. The Labute approximate surface area is 220 Å². The number of nitrogens with one attached hydrogen (secondary N) is 1. The van der Waals surface area contributed by atoms with Crippen molar-refractivity contribution < 1.29 is 35.9 Å². The first-order chi connectivity index (χ1) is 17.8. The van der Waals surface area contributed by atoms with E-state index in [0.717, 1.165) is 19.1 Å². The molecule has 1 aliphatic heterocycles. The van der Waals surface area contributed by atoms with E-state index in [1.807, 2.05) is 0 Å². The highest BCUT2D eigenvalue weighted by Gasteiger charge is 2.67. The monoisotopic (exact) mass is 560 g/mol. The Morgan fingerprint density at radius 2 is 1.82 bits per heavy atom. The van der Waals surface area contributed by atoms with Crippen molar-refractivity contribution in [2.24, 2.45) is 23.7 Å². The van der Waals surface area contributed by atoms with Gasteiger partial charge in [-0.3, -0.25) is 4.90 Å². The number of nitrogens with zero attached hydrogens (tertiary/aromatic N) is 3. The highest BCUT2D eigenvalue weighted by molar-refractivity contribution is 7.88. The van der Waals surface area contributed by atoms with Crippen molar-refractivity contribution in [2.45, 2.75) is 82.0 Å². The lowest BCUT2D eigenvalue weighted by atomic mass is 9.85. The maximum Gasteiger partial charge on any atom is 0.410 e. The van der Waals surface area contributed by atoms with E-state index >= 15 is 0 Å². The fourth-order valence-electron chi connectivity index (χ4n) is 6.90. The van der Waals surface area contributed by atoms with Gasteiger partial charge in [-0.1, -0.05) is 13.8 Å². The summed E-state index contributed by atoms with van der Waals surface area (Å²) < 4.78 is 78.8. The number of carbonyl (C=O) groups excluding carboxylic acids is 1. The summed E-state index contributed by atoms with van der Waals surface area (Å²) in [4.78, 5) is 22.9. The van der Waals surface area contributed by atoms with Gasteiger partial charge in [0.1, 0.15) is 12.4 Å². The van der Waals surface area contributed by atoms with Gasteiger partial charge in [-0.05, 0) is 44.4 Å². The maximum atomic E-state index is 13.6. The molecular formula is C25H35F3N4O5S. The zero-order valence-electron chi connectivity index (χ0n) is 21.9. The Kier molecular flexibility index (Phi) is 6.95. The molecule has 0 radical (unpaired) electrons. The Morgan fingerprint density at radius 3 is 2.39 bits per heavy atom. The molecule has 0 spiro atoms. The first kappa shape index (κ1) is 27.6. The summed E-state index contributed by atoms with van der Waals surface area (Å²) in [5.74, 6) is -3.90. The number of likely N-dealkylation sites (tertiary alicyclic amines) is 1. The highest BCUT2D eigenvalue weighted by Crippen LogP contribution is 2.66. The molecule has 5 rings (SSSR count). The third-order valence-electron chi connectivity index (χ3n) is 9.35. The van der Waals surface area contributed by atoms with Crippen LogP contribution in [-0.4, -0.2) is 79.0 Å². The van der Waals surface area contributed by atoms with Crippen LogP contribution in [-0.2, 0) is 24.9 Å². The number of alkyl halides is 2. The van der Waals surface area contributed by atoms with Crippen LogP contribution in [0.4, 0.5) is 18.0 Å². The van der Waals surface area contributed by atoms with Crippen LogP contribution in [0, 0.1) is 29.5 Å². The molecule has 212 valence electrons. The standard InChI is InChI=1S/C25H35F3N4O5S/c1-13-7-20(31-38(4,34)35)21(32(13)23(33)37-11-19-15(3)25(19,27)28)12-36-17-5-6-24(14(2)18(24)8-17)22-29-9-16(26)10-30-22/h9-10,13-15,17-21,31H,5-8,11-12H2,1-4H3/t13-,14+,15+,17+,18?,19+,20+,21+,24-/m1/s1. The van der Waals surface area contributed by atoms with E-state index in [4.69, 9.17) is 9.47 Å². The van der Waals surface area contributed by atoms with Crippen molar-refractivity contribution in [1.82, 2.24) is 19.6 Å². The van der Waals surface area contributed by atoms with Crippen LogP contribution in [0.15, 0.2) is 12.4 Å². The summed E-state index contributed by atoms with van der Waals surface area (Å²) in [6.07, 6.45) is 5.17. The second-order valence-electron chi connectivity index (χ2n) is 11.6. The quantitative estimate of drug-likeness (QED) is 0.520. The fourth-order valence-corrected chi connectivity index (χ4v) is 7.70. The van der Waals surface area contributed by atoms with Gasteiger partial charge in [-0.15, -0.1) is 0 Å². The zero-order chi connectivity index (χ0) is 27.6. The topological polar surface area (TPSA) is 111 Å². The number of hydrogen-bond donors (Lipinski definition) is 1.